The Labute approximate surface area is 147 Å². The molecule has 0 aromatic heterocycles. The molecule has 1 heterocycles. The quantitative estimate of drug-likeness (QED) is 0.690. The number of hydrogen-bond acceptors (Lipinski definition) is 2. The highest BCUT2D eigenvalue weighted by molar-refractivity contribution is 6.37. The largest absolute Gasteiger partial charge is 0.368 e. The highest BCUT2D eigenvalue weighted by Crippen LogP contribution is 2.33. The summed E-state index contributed by atoms with van der Waals surface area (Å²) in [5.41, 5.74) is 5.88. The van der Waals surface area contributed by atoms with Gasteiger partial charge in [-0.2, -0.15) is 0 Å². The van der Waals surface area contributed by atoms with Crippen LogP contribution in [-0.4, -0.2) is 18.9 Å². The minimum atomic E-state index is 0.814. The number of fused-ring (bicyclic) bond motifs is 1. The molecule has 3 heteroatoms. The van der Waals surface area contributed by atoms with E-state index in [-0.39, 0.29) is 0 Å². The zero-order chi connectivity index (χ0) is 16.7. The van der Waals surface area contributed by atoms with E-state index in [4.69, 9.17) is 11.6 Å². The van der Waals surface area contributed by atoms with Crippen molar-refractivity contribution in [3.8, 4) is 11.1 Å². The average Bonchev–Trinajstić information content (AvgIpc) is 3.12. The van der Waals surface area contributed by atoms with Gasteiger partial charge >= 0.3 is 0 Å². The van der Waals surface area contributed by atoms with Crippen LogP contribution >= 0.6 is 11.6 Å². The van der Waals surface area contributed by atoms with Gasteiger partial charge in [-0.15, -0.1) is 0 Å². The molecule has 0 spiro atoms. The monoisotopic (exact) mass is 334 g/mol. The van der Waals surface area contributed by atoms with Gasteiger partial charge in [-0.25, -0.2) is 0 Å². The van der Waals surface area contributed by atoms with Crippen LogP contribution in [0.3, 0.4) is 0 Å². The first-order chi connectivity index (χ1) is 11.6. The molecular formula is C21H19ClN2. The Hall–Kier alpha value is -2.32. The number of amidine groups is 1. The molecule has 3 aromatic rings. The van der Waals surface area contributed by atoms with Crippen LogP contribution in [0.15, 0.2) is 53.5 Å². The van der Waals surface area contributed by atoms with E-state index in [9.17, 15) is 0 Å². The fourth-order valence-electron chi connectivity index (χ4n) is 3.22. The number of rotatable bonds is 2. The van der Waals surface area contributed by atoms with Crippen molar-refractivity contribution in [3.05, 3.63) is 70.2 Å². The summed E-state index contributed by atoms with van der Waals surface area (Å²) in [6, 6.07) is 17.3. The summed E-state index contributed by atoms with van der Waals surface area (Å²) < 4.78 is 0. The van der Waals surface area contributed by atoms with Crippen molar-refractivity contribution in [3.63, 3.8) is 0 Å². The second-order valence-corrected chi connectivity index (χ2v) is 6.70. The van der Waals surface area contributed by atoms with Crippen molar-refractivity contribution in [2.75, 3.05) is 13.1 Å². The Morgan fingerprint density at radius 3 is 2.42 bits per heavy atom. The standard InChI is InChI=1S/C21H19ClN2/c1-13-3-5-15(6-4-13)16-7-8-18-17(11-16)12-19(14(2)20(18)22)21-23-9-10-24-21/h3-8,11-12H,9-10H2,1-2H3,(H,23,24). The molecule has 0 radical (unpaired) electrons. The SMILES string of the molecule is Cc1ccc(-c2ccc3c(Cl)c(C)c(C4=NCCN4)cc3c2)cc1. The summed E-state index contributed by atoms with van der Waals surface area (Å²) in [7, 11) is 0. The number of hydrogen-bond donors (Lipinski definition) is 1. The van der Waals surface area contributed by atoms with E-state index >= 15 is 0 Å². The molecule has 0 bridgehead atoms. The Morgan fingerprint density at radius 1 is 0.958 bits per heavy atom. The first-order valence-electron chi connectivity index (χ1n) is 8.22. The number of nitrogens with one attached hydrogen (secondary N) is 1. The lowest BCUT2D eigenvalue weighted by atomic mass is 9.96. The van der Waals surface area contributed by atoms with Gasteiger partial charge < -0.3 is 5.32 Å². The molecule has 24 heavy (non-hydrogen) atoms. The maximum Gasteiger partial charge on any atom is 0.128 e. The van der Waals surface area contributed by atoms with Crippen molar-refractivity contribution in [1.82, 2.24) is 5.32 Å². The number of benzene rings is 3. The van der Waals surface area contributed by atoms with Crippen molar-refractivity contribution in [2.45, 2.75) is 13.8 Å². The van der Waals surface area contributed by atoms with Crippen molar-refractivity contribution in [1.29, 1.82) is 0 Å². The fourth-order valence-corrected chi connectivity index (χ4v) is 3.49. The van der Waals surface area contributed by atoms with Crippen LogP contribution in [0.1, 0.15) is 16.7 Å². The lowest BCUT2D eigenvalue weighted by Gasteiger charge is -2.13. The van der Waals surface area contributed by atoms with Crippen molar-refractivity contribution < 1.29 is 0 Å². The predicted octanol–water partition coefficient (Wildman–Crippen LogP) is 5.13. The number of aryl methyl sites for hydroxylation is 1. The highest BCUT2D eigenvalue weighted by atomic mass is 35.5. The molecule has 0 fully saturated rings. The van der Waals surface area contributed by atoms with Crippen LogP contribution in [0.4, 0.5) is 0 Å². The van der Waals surface area contributed by atoms with E-state index in [1.807, 2.05) is 0 Å². The molecule has 1 aliphatic rings. The van der Waals surface area contributed by atoms with E-state index in [0.717, 1.165) is 45.8 Å². The van der Waals surface area contributed by atoms with Crippen LogP contribution < -0.4 is 5.32 Å². The summed E-state index contributed by atoms with van der Waals surface area (Å²) in [6.45, 7) is 5.89. The van der Waals surface area contributed by atoms with Gasteiger partial charge in [0.1, 0.15) is 5.84 Å². The molecule has 0 saturated heterocycles. The molecule has 3 aromatic carbocycles. The molecule has 120 valence electrons. The zero-order valence-electron chi connectivity index (χ0n) is 13.9. The van der Waals surface area contributed by atoms with Gasteiger partial charge in [-0.05, 0) is 48.1 Å². The summed E-state index contributed by atoms with van der Waals surface area (Å²) in [5, 5.41) is 6.40. The molecule has 0 unspecified atom stereocenters. The van der Waals surface area contributed by atoms with E-state index in [0.29, 0.717) is 0 Å². The molecule has 2 nitrogen and oxygen atoms in total. The number of nitrogens with zero attached hydrogens (tertiary/aromatic N) is 1. The third-order valence-corrected chi connectivity index (χ3v) is 5.12. The van der Waals surface area contributed by atoms with Crippen LogP contribution in [-0.2, 0) is 0 Å². The smallest absolute Gasteiger partial charge is 0.128 e. The lowest BCUT2D eigenvalue weighted by Crippen LogP contribution is -2.20. The molecule has 1 aliphatic heterocycles. The normalized spacial score (nSPS) is 13.9. The Bertz CT molecular complexity index is 956. The Balaban J connectivity index is 1.89. The third-order valence-electron chi connectivity index (χ3n) is 4.64. The second kappa shape index (κ2) is 5.95. The highest BCUT2D eigenvalue weighted by Gasteiger charge is 2.15. The van der Waals surface area contributed by atoms with Gasteiger partial charge in [-0.1, -0.05) is 53.6 Å². The summed E-state index contributed by atoms with van der Waals surface area (Å²) in [5.74, 6) is 0.956. The van der Waals surface area contributed by atoms with Crippen LogP contribution in [0.2, 0.25) is 5.02 Å². The summed E-state index contributed by atoms with van der Waals surface area (Å²) in [4.78, 5) is 4.55. The number of halogens is 1. The maximum atomic E-state index is 6.65. The minimum absolute atomic E-state index is 0.814. The average molecular weight is 335 g/mol. The lowest BCUT2D eigenvalue weighted by molar-refractivity contribution is 0.960. The summed E-state index contributed by atoms with van der Waals surface area (Å²) >= 11 is 6.65. The van der Waals surface area contributed by atoms with E-state index in [1.54, 1.807) is 0 Å². The first kappa shape index (κ1) is 15.2. The molecule has 4 rings (SSSR count). The topological polar surface area (TPSA) is 24.4 Å². The van der Waals surface area contributed by atoms with Gasteiger partial charge in [0.25, 0.3) is 0 Å². The number of aliphatic imine (C=N–C) groups is 1. The molecule has 0 amide bonds. The maximum absolute atomic E-state index is 6.65. The van der Waals surface area contributed by atoms with Gasteiger partial charge in [-0.3, -0.25) is 4.99 Å². The fraction of sp³-hybridized carbons (Fsp3) is 0.190. The molecule has 0 atom stereocenters. The van der Waals surface area contributed by atoms with Crippen molar-refractivity contribution in [2.24, 2.45) is 4.99 Å². The third kappa shape index (κ3) is 2.57. The van der Waals surface area contributed by atoms with Crippen LogP contribution in [0.25, 0.3) is 21.9 Å². The van der Waals surface area contributed by atoms with Gasteiger partial charge in [0.2, 0.25) is 0 Å². The van der Waals surface area contributed by atoms with Crippen LogP contribution in [0, 0.1) is 13.8 Å². The van der Waals surface area contributed by atoms with Gasteiger partial charge in [0, 0.05) is 17.5 Å². The molecular weight excluding hydrogens is 316 g/mol. The van der Waals surface area contributed by atoms with E-state index in [2.05, 4.69) is 72.7 Å². The van der Waals surface area contributed by atoms with Crippen molar-refractivity contribution >= 4 is 28.2 Å². The first-order valence-corrected chi connectivity index (χ1v) is 8.60. The Kier molecular flexibility index (Phi) is 3.78. The second-order valence-electron chi connectivity index (χ2n) is 6.32. The zero-order valence-corrected chi connectivity index (χ0v) is 14.6. The van der Waals surface area contributed by atoms with Crippen LogP contribution in [0.5, 0.6) is 0 Å². The van der Waals surface area contributed by atoms with Gasteiger partial charge in [0.05, 0.1) is 11.6 Å². The Morgan fingerprint density at radius 2 is 1.71 bits per heavy atom. The van der Waals surface area contributed by atoms with E-state index in [1.165, 1.54) is 16.7 Å². The molecule has 0 saturated carbocycles. The van der Waals surface area contributed by atoms with Gasteiger partial charge in [0.15, 0.2) is 0 Å². The minimum Gasteiger partial charge on any atom is -0.368 e. The molecule has 0 aliphatic carbocycles. The molecule has 1 N–H and O–H groups in total. The summed E-state index contributed by atoms with van der Waals surface area (Å²) in [6.07, 6.45) is 0. The van der Waals surface area contributed by atoms with E-state index < -0.39 is 0 Å². The predicted molar refractivity (Wildman–Crippen MR) is 103 cm³/mol.